The van der Waals surface area contributed by atoms with Gasteiger partial charge in [0.2, 0.25) is 0 Å². The van der Waals surface area contributed by atoms with Gasteiger partial charge >= 0.3 is 0 Å². The van der Waals surface area contributed by atoms with E-state index < -0.39 is 6.04 Å². The second-order valence-electron chi connectivity index (χ2n) is 4.08. The van der Waals surface area contributed by atoms with E-state index in [0.717, 1.165) is 0 Å². The van der Waals surface area contributed by atoms with E-state index in [2.05, 4.69) is 10.0 Å². The largest absolute Gasteiger partial charge is 0.496 e. The number of para-hydroxylation sites is 1. The zero-order chi connectivity index (χ0) is 14.4. The predicted octanol–water partition coefficient (Wildman–Crippen LogP) is 3.93. The molecule has 5 heteroatoms. The minimum atomic E-state index is -0.932. The maximum absolute atomic E-state index is 12.5. The van der Waals surface area contributed by atoms with Crippen LogP contribution in [0.2, 0.25) is 0 Å². The average Bonchev–Trinajstić information content (AvgIpc) is 2.53. The molecule has 0 aromatic heterocycles. The molecule has 0 spiro atoms. The van der Waals surface area contributed by atoms with E-state index in [1.54, 1.807) is 48.5 Å². The summed E-state index contributed by atoms with van der Waals surface area (Å²) in [6.45, 7) is 0. The first-order valence-corrected chi connectivity index (χ1v) is 6.04. The quantitative estimate of drug-likeness (QED) is 0.356. The van der Waals surface area contributed by atoms with Crippen LogP contribution in [-0.2, 0) is 0 Å². The highest BCUT2D eigenvalue weighted by atomic mass is 16.5. The topological polar surface area (TPSA) is 75.1 Å². The molecule has 100 valence electrons. The Bertz CT molecular complexity index is 649. The van der Waals surface area contributed by atoms with Crippen LogP contribution in [0.1, 0.15) is 22.0 Å². The molecule has 2 aromatic rings. The molecule has 0 radical (unpaired) electrons. The summed E-state index contributed by atoms with van der Waals surface area (Å²) in [5.41, 5.74) is 9.78. The van der Waals surface area contributed by atoms with Gasteiger partial charge in [0.05, 0.1) is 7.11 Å². The molecule has 2 rings (SSSR count). The monoisotopic (exact) mass is 267 g/mol. The highest BCUT2D eigenvalue weighted by Crippen LogP contribution is 2.30. The number of carbonyl (C=O) groups is 1. The first kappa shape index (κ1) is 13.6. The van der Waals surface area contributed by atoms with Crippen molar-refractivity contribution in [2.75, 3.05) is 7.11 Å². The summed E-state index contributed by atoms with van der Waals surface area (Å²) in [7, 11) is 1.51. The Morgan fingerprint density at radius 2 is 1.80 bits per heavy atom. The molecule has 0 bridgehead atoms. The molecule has 0 amide bonds. The third-order valence-corrected chi connectivity index (χ3v) is 2.91. The minimum Gasteiger partial charge on any atom is -0.496 e. The SMILES string of the molecule is COc1ccccc1C(N=[N+]=[N-])C(=O)c1ccccc1. The zero-order valence-corrected chi connectivity index (χ0v) is 10.9. The maximum atomic E-state index is 12.5. The van der Waals surface area contributed by atoms with Gasteiger partial charge in [-0.15, -0.1) is 0 Å². The van der Waals surface area contributed by atoms with E-state index in [9.17, 15) is 4.79 Å². The standard InChI is InChI=1S/C15H13N3O2/c1-20-13-10-6-5-9-12(13)14(17-18-16)15(19)11-7-3-2-4-8-11/h2-10,14H,1H3. The van der Waals surface area contributed by atoms with Crippen molar-refractivity contribution in [3.8, 4) is 5.75 Å². The molecule has 20 heavy (non-hydrogen) atoms. The fraction of sp³-hybridized carbons (Fsp3) is 0.133. The molecule has 0 heterocycles. The second kappa shape index (κ2) is 6.41. The highest BCUT2D eigenvalue weighted by molar-refractivity contribution is 6.01. The molecule has 0 aliphatic heterocycles. The number of Topliss-reactive ketones (excluding diaryl/α,β-unsaturated/α-hetero) is 1. The Hall–Kier alpha value is -2.78. The van der Waals surface area contributed by atoms with E-state index in [1.165, 1.54) is 7.11 Å². The normalized spacial score (nSPS) is 11.2. The lowest BCUT2D eigenvalue weighted by Gasteiger charge is -2.14. The van der Waals surface area contributed by atoms with E-state index in [4.69, 9.17) is 10.3 Å². The lowest BCUT2D eigenvalue weighted by atomic mass is 9.97. The van der Waals surface area contributed by atoms with Crippen LogP contribution in [-0.4, -0.2) is 12.9 Å². The summed E-state index contributed by atoms with van der Waals surface area (Å²) < 4.78 is 5.22. The third kappa shape index (κ3) is 2.79. The molecule has 1 atom stereocenters. The zero-order valence-electron chi connectivity index (χ0n) is 10.9. The maximum Gasteiger partial charge on any atom is 0.176 e. The summed E-state index contributed by atoms with van der Waals surface area (Å²) >= 11 is 0. The molecule has 0 saturated carbocycles. The number of hydrogen-bond donors (Lipinski definition) is 0. The van der Waals surface area contributed by atoms with Crippen LogP contribution in [0.4, 0.5) is 0 Å². The number of methoxy groups -OCH3 is 1. The van der Waals surface area contributed by atoms with Crippen LogP contribution < -0.4 is 4.74 Å². The summed E-state index contributed by atoms with van der Waals surface area (Å²) in [5.74, 6) is 0.266. The minimum absolute atomic E-state index is 0.257. The number of ketones is 1. The highest BCUT2D eigenvalue weighted by Gasteiger charge is 2.23. The number of azide groups is 1. The number of rotatable bonds is 5. The Balaban J connectivity index is 2.47. The van der Waals surface area contributed by atoms with Crippen molar-refractivity contribution < 1.29 is 9.53 Å². The number of nitrogens with zero attached hydrogens (tertiary/aromatic N) is 3. The van der Waals surface area contributed by atoms with Gasteiger partial charge < -0.3 is 4.74 Å². The van der Waals surface area contributed by atoms with Gasteiger partial charge in [0, 0.05) is 16.0 Å². The lowest BCUT2D eigenvalue weighted by Crippen LogP contribution is -2.11. The number of carbonyl (C=O) groups excluding carboxylic acids is 1. The van der Waals surface area contributed by atoms with Crippen LogP contribution in [0.3, 0.4) is 0 Å². The van der Waals surface area contributed by atoms with Crippen molar-refractivity contribution in [1.29, 1.82) is 0 Å². The first-order chi connectivity index (χ1) is 9.77. The van der Waals surface area contributed by atoms with Crippen molar-refractivity contribution in [3.05, 3.63) is 76.2 Å². The first-order valence-electron chi connectivity index (χ1n) is 6.04. The summed E-state index contributed by atoms with van der Waals surface area (Å²) in [6.07, 6.45) is 0. The average molecular weight is 267 g/mol. The fourth-order valence-corrected chi connectivity index (χ4v) is 1.96. The van der Waals surface area contributed by atoms with Crippen molar-refractivity contribution in [3.63, 3.8) is 0 Å². The van der Waals surface area contributed by atoms with Gasteiger partial charge in [-0.05, 0) is 11.6 Å². The molecule has 0 fully saturated rings. The van der Waals surface area contributed by atoms with Crippen LogP contribution in [0.25, 0.3) is 10.4 Å². The van der Waals surface area contributed by atoms with Crippen molar-refractivity contribution in [1.82, 2.24) is 0 Å². The summed E-state index contributed by atoms with van der Waals surface area (Å²) in [4.78, 5) is 15.3. The molecule has 0 aliphatic rings. The third-order valence-electron chi connectivity index (χ3n) is 2.91. The van der Waals surface area contributed by atoms with Crippen molar-refractivity contribution in [2.24, 2.45) is 5.11 Å². The Kier molecular flexibility index (Phi) is 4.37. The van der Waals surface area contributed by atoms with Crippen LogP contribution >= 0.6 is 0 Å². The van der Waals surface area contributed by atoms with Gasteiger partial charge in [-0.25, -0.2) is 0 Å². The van der Waals surface area contributed by atoms with Crippen LogP contribution in [0.15, 0.2) is 59.7 Å². The molecule has 0 N–H and O–H groups in total. The number of ether oxygens (including phenoxy) is 1. The second-order valence-corrected chi connectivity index (χ2v) is 4.08. The Labute approximate surface area is 116 Å². The summed E-state index contributed by atoms with van der Waals surface area (Å²) in [5, 5.41) is 3.63. The number of hydrogen-bond acceptors (Lipinski definition) is 3. The molecule has 2 aromatic carbocycles. The van der Waals surface area contributed by atoms with Gasteiger partial charge in [0.15, 0.2) is 5.78 Å². The molecular formula is C15H13N3O2. The molecule has 5 nitrogen and oxygen atoms in total. The van der Waals surface area contributed by atoms with Gasteiger partial charge in [-0.2, -0.15) is 0 Å². The Morgan fingerprint density at radius 1 is 1.15 bits per heavy atom. The summed E-state index contributed by atoms with van der Waals surface area (Å²) in [6, 6.07) is 14.8. The van der Waals surface area contributed by atoms with Gasteiger partial charge in [0.1, 0.15) is 11.8 Å². The molecule has 0 saturated heterocycles. The van der Waals surface area contributed by atoms with E-state index in [0.29, 0.717) is 16.9 Å². The smallest absolute Gasteiger partial charge is 0.176 e. The molecule has 1 unspecified atom stereocenters. The van der Waals surface area contributed by atoms with Crippen molar-refractivity contribution in [2.45, 2.75) is 6.04 Å². The Morgan fingerprint density at radius 3 is 2.45 bits per heavy atom. The van der Waals surface area contributed by atoms with Gasteiger partial charge in [0.25, 0.3) is 0 Å². The van der Waals surface area contributed by atoms with Crippen LogP contribution in [0.5, 0.6) is 5.75 Å². The number of benzene rings is 2. The van der Waals surface area contributed by atoms with Gasteiger partial charge in [-0.1, -0.05) is 53.6 Å². The predicted molar refractivity (Wildman–Crippen MR) is 75.7 cm³/mol. The lowest BCUT2D eigenvalue weighted by molar-refractivity contribution is 0.0960. The van der Waals surface area contributed by atoms with Crippen LogP contribution in [0, 0.1) is 0 Å². The van der Waals surface area contributed by atoms with Crippen molar-refractivity contribution >= 4 is 5.78 Å². The molecule has 0 aliphatic carbocycles. The fourth-order valence-electron chi connectivity index (χ4n) is 1.96. The van der Waals surface area contributed by atoms with E-state index in [-0.39, 0.29) is 5.78 Å². The van der Waals surface area contributed by atoms with Gasteiger partial charge in [-0.3, -0.25) is 4.79 Å². The van der Waals surface area contributed by atoms with E-state index >= 15 is 0 Å². The molecular weight excluding hydrogens is 254 g/mol. The van der Waals surface area contributed by atoms with E-state index in [1.807, 2.05) is 6.07 Å².